The molecule has 1 aromatic rings. The number of aromatic nitrogens is 2. The summed E-state index contributed by atoms with van der Waals surface area (Å²) < 4.78 is 6.30. The fourth-order valence-corrected chi connectivity index (χ4v) is 2.09. The van der Waals surface area contributed by atoms with Gasteiger partial charge < -0.3 is 10.1 Å². The molecule has 1 aliphatic rings. The predicted molar refractivity (Wildman–Crippen MR) is 59.4 cm³/mol. The van der Waals surface area contributed by atoms with E-state index in [1.54, 1.807) is 11.7 Å². The molecule has 2 heterocycles. The van der Waals surface area contributed by atoms with Gasteiger partial charge in [0.05, 0.1) is 12.8 Å². The quantitative estimate of drug-likeness (QED) is 0.749. The number of carbonyl (C=O) groups is 1. The second kappa shape index (κ2) is 4.65. The first-order valence-corrected chi connectivity index (χ1v) is 5.55. The van der Waals surface area contributed by atoms with Crippen molar-refractivity contribution in [3.8, 4) is 0 Å². The van der Waals surface area contributed by atoms with Crippen molar-refractivity contribution in [1.29, 1.82) is 0 Å². The average molecular weight is 223 g/mol. The molecular weight excluding hydrogens is 206 g/mol. The Morgan fingerprint density at radius 3 is 3.12 bits per heavy atom. The maximum absolute atomic E-state index is 11.4. The molecule has 0 unspecified atom stereocenters. The molecule has 1 fully saturated rings. The van der Waals surface area contributed by atoms with Gasteiger partial charge in [0, 0.05) is 19.5 Å². The van der Waals surface area contributed by atoms with Crippen LogP contribution in [-0.4, -0.2) is 35.9 Å². The van der Waals surface area contributed by atoms with Crippen LogP contribution in [-0.2, 0) is 11.8 Å². The lowest BCUT2D eigenvalue weighted by atomic mass is 9.96. The standard InChI is InChI=1S/C11H17N3O2/c1-14-10(11(15)16-2)6-9(13-14)8-4-3-5-12-7-8/h6,8,12H,3-5,7H2,1-2H3/t8-/m1/s1. The molecule has 0 saturated carbocycles. The van der Waals surface area contributed by atoms with Crippen molar-refractivity contribution in [2.24, 2.45) is 7.05 Å². The summed E-state index contributed by atoms with van der Waals surface area (Å²) in [5.74, 6) is 0.0865. The molecule has 0 amide bonds. The van der Waals surface area contributed by atoms with E-state index in [4.69, 9.17) is 4.74 Å². The van der Waals surface area contributed by atoms with Crippen molar-refractivity contribution in [1.82, 2.24) is 15.1 Å². The fourth-order valence-electron chi connectivity index (χ4n) is 2.09. The van der Waals surface area contributed by atoms with Crippen LogP contribution in [0.2, 0.25) is 0 Å². The Kier molecular flexibility index (Phi) is 3.24. The van der Waals surface area contributed by atoms with Crippen LogP contribution in [0.25, 0.3) is 0 Å². The van der Waals surface area contributed by atoms with Gasteiger partial charge in [-0.25, -0.2) is 4.79 Å². The summed E-state index contributed by atoms with van der Waals surface area (Å²) in [6.07, 6.45) is 2.29. The van der Waals surface area contributed by atoms with Crippen LogP contribution < -0.4 is 5.32 Å². The first-order valence-electron chi connectivity index (χ1n) is 5.55. The third-order valence-electron chi connectivity index (χ3n) is 3.01. The van der Waals surface area contributed by atoms with Crippen LogP contribution in [0.15, 0.2) is 6.07 Å². The zero-order chi connectivity index (χ0) is 11.5. The lowest BCUT2D eigenvalue weighted by molar-refractivity contribution is 0.0588. The van der Waals surface area contributed by atoms with Gasteiger partial charge >= 0.3 is 5.97 Å². The molecule has 5 nitrogen and oxygen atoms in total. The molecule has 16 heavy (non-hydrogen) atoms. The average Bonchev–Trinajstić information content (AvgIpc) is 2.71. The Morgan fingerprint density at radius 1 is 1.69 bits per heavy atom. The largest absolute Gasteiger partial charge is 0.464 e. The van der Waals surface area contributed by atoms with Crippen LogP contribution in [0, 0.1) is 0 Å². The van der Waals surface area contributed by atoms with Gasteiger partial charge in [-0.05, 0) is 25.5 Å². The number of carbonyl (C=O) groups excluding carboxylic acids is 1. The van der Waals surface area contributed by atoms with Crippen molar-refractivity contribution in [2.45, 2.75) is 18.8 Å². The highest BCUT2D eigenvalue weighted by molar-refractivity contribution is 5.87. The van der Waals surface area contributed by atoms with E-state index >= 15 is 0 Å². The van der Waals surface area contributed by atoms with E-state index in [2.05, 4.69) is 10.4 Å². The highest BCUT2D eigenvalue weighted by Gasteiger charge is 2.21. The van der Waals surface area contributed by atoms with E-state index in [0.717, 1.165) is 31.6 Å². The summed E-state index contributed by atoms with van der Waals surface area (Å²) in [5, 5.41) is 7.72. The minimum absolute atomic E-state index is 0.329. The van der Waals surface area contributed by atoms with Gasteiger partial charge in [-0.1, -0.05) is 0 Å². The van der Waals surface area contributed by atoms with Gasteiger partial charge in [0.2, 0.25) is 0 Å². The Hall–Kier alpha value is -1.36. The Bertz CT molecular complexity index is 381. The molecule has 0 aliphatic carbocycles. The van der Waals surface area contributed by atoms with Crippen LogP contribution in [0.5, 0.6) is 0 Å². The Labute approximate surface area is 94.8 Å². The van der Waals surface area contributed by atoms with Crippen molar-refractivity contribution < 1.29 is 9.53 Å². The van der Waals surface area contributed by atoms with Gasteiger partial charge in [-0.15, -0.1) is 0 Å². The van der Waals surface area contributed by atoms with Crippen LogP contribution >= 0.6 is 0 Å². The summed E-state index contributed by atoms with van der Waals surface area (Å²) in [5.41, 5.74) is 1.50. The van der Waals surface area contributed by atoms with Crippen LogP contribution in [0.4, 0.5) is 0 Å². The molecule has 0 spiro atoms. The molecular formula is C11H17N3O2. The molecule has 1 aliphatic heterocycles. The second-order valence-corrected chi connectivity index (χ2v) is 4.11. The fraction of sp³-hybridized carbons (Fsp3) is 0.636. The molecule has 0 bridgehead atoms. The van der Waals surface area contributed by atoms with E-state index in [-0.39, 0.29) is 5.97 Å². The summed E-state index contributed by atoms with van der Waals surface area (Å²) >= 11 is 0. The second-order valence-electron chi connectivity index (χ2n) is 4.11. The number of ether oxygens (including phenoxy) is 1. The summed E-state index contributed by atoms with van der Waals surface area (Å²) in [4.78, 5) is 11.4. The lowest BCUT2D eigenvalue weighted by Crippen LogP contribution is -2.28. The van der Waals surface area contributed by atoms with Gasteiger partial charge in [0.25, 0.3) is 0 Å². The lowest BCUT2D eigenvalue weighted by Gasteiger charge is -2.20. The third kappa shape index (κ3) is 2.09. The van der Waals surface area contributed by atoms with Gasteiger partial charge in [0.1, 0.15) is 5.69 Å². The van der Waals surface area contributed by atoms with Crippen LogP contribution in [0.1, 0.15) is 34.9 Å². The van der Waals surface area contributed by atoms with Crippen molar-refractivity contribution in [3.63, 3.8) is 0 Å². The number of hydrogen-bond acceptors (Lipinski definition) is 4. The molecule has 1 saturated heterocycles. The van der Waals surface area contributed by atoms with Gasteiger partial charge in [0.15, 0.2) is 0 Å². The van der Waals surface area contributed by atoms with E-state index in [9.17, 15) is 4.79 Å². The molecule has 0 radical (unpaired) electrons. The zero-order valence-corrected chi connectivity index (χ0v) is 9.69. The van der Waals surface area contributed by atoms with E-state index < -0.39 is 0 Å². The number of nitrogens with one attached hydrogen (secondary N) is 1. The smallest absolute Gasteiger partial charge is 0.356 e. The summed E-state index contributed by atoms with van der Waals surface area (Å²) in [6, 6.07) is 1.84. The number of aryl methyl sites for hydroxylation is 1. The molecule has 88 valence electrons. The summed E-state index contributed by atoms with van der Waals surface area (Å²) in [6.45, 7) is 2.02. The van der Waals surface area contributed by atoms with Gasteiger partial charge in [-0.3, -0.25) is 4.68 Å². The maximum Gasteiger partial charge on any atom is 0.356 e. The van der Waals surface area contributed by atoms with Gasteiger partial charge in [-0.2, -0.15) is 5.10 Å². The highest BCUT2D eigenvalue weighted by atomic mass is 16.5. The van der Waals surface area contributed by atoms with E-state index in [1.165, 1.54) is 7.11 Å². The molecule has 5 heteroatoms. The van der Waals surface area contributed by atoms with E-state index in [1.807, 2.05) is 6.07 Å². The topological polar surface area (TPSA) is 56.1 Å². The molecule has 1 aromatic heterocycles. The van der Waals surface area contributed by atoms with E-state index in [0.29, 0.717) is 11.6 Å². The molecule has 1 N–H and O–H groups in total. The van der Waals surface area contributed by atoms with Crippen LogP contribution in [0.3, 0.4) is 0 Å². The minimum atomic E-state index is -0.329. The Balaban J connectivity index is 2.19. The number of esters is 1. The number of rotatable bonds is 2. The Morgan fingerprint density at radius 2 is 2.50 bits per heavy atom. The minimum Gasteiger partial charge on any atom is -0.464 e. The van der Waals surface area contributed by atoms with Crippen molar-refractivity contribution in [2.75, 3.05) is 20.2 Å². The maximum atomic E-state index is 11.4. The normalized spacial score (nSPS) is 20.8. The van der Waals surface area contributed by atoms with Crippen molar-refractivity contribution >= 4 is 5.97 Å². The molecule has 0 aromatic carbocycles. The molecule has 2 rings (SSSR count). The number of nitrogens with zero attached hydrogens (tertiary/aromatic N) is 2. The zero-order valence-electron chi connectivity index (χ0n) is 9.69. The number of methoxy groups -OCH3 is 1. The first kappa shape index (κ1) is 11.1. The number of piperidine rings is 1. The molecule has 1 atom stereocenters. The monoisotopic (exact) mass is 223 g/mol. The summed E-state index contributed by atoms with van der Waals surface area (Å²) in [7, 11) is 3.16. The number of hydrogen-bond donors (Lipinski definition) is 1. The van der Waals surface area contributed by atoms with Crippen molar-refractivity contribution in [3.05, 3.63) is 17.5 Å². The SMILES string of the molecule is COC(=O)c1cc([C@@H]2CCCNC2)nn1C. The highest BCUT2D eigenvalue weighted by Crippen LogP contribution is 2.22. The predicted octanol–water partition coefficient (Wildman–Crippen LogP) is 0.674. The third-order valence-corrected chi connectivity index (χ3v) is 3.01. The first-order chi connectivity index (χ1) is 7.72.